The Balaban J connectivity index is 2.61. The maximum atomic E-state index is 12.5. The second-order valence-electron chi connectivity index (χ2n) is 6.48. The van der Waals surface area contributed by atoms with Gasteiger partial charge < -0.3 is 9.64 Å². The minimum Gasteiger partial charge on any atom is -0.465 e. The summed E-state index contributed by atoms with van der Waals surface area (Å²) >= 11 is 0. The molecule has 0 radical (unpaired) electrons. The fourth-order valence-electron chi connectivity index (χ4n) is 2.66. The van der Waals surface area contributed by atoms with Crippen LogP contribution in [0.5, 0.6) is 0 Å². The third kappa shape index (κ3) is 7.65. The highest BCUT2D eigenvalue weighted by molar-refractivity contribution is 5.78. The highest BCUT2D eigenvalue weighted by atomic mass is 16.5. The van der Waals surface area contributed by atoms with Crippen LogP contribution in [0.1, 0.15) is 58.4 Å². The Morgan fingerprint density at radius 3 is 2.30 bits per heavy atom. The van der Waals surface area contributed by atoms with E-state index in [-0.39, 0.29) is 11.9 Å². The van der Waals surface area contributed by atoms with Gasteiger partial charge in [0.1, 0.15) is 0 Å². The topological polar surface area (TPSA) is 29.5 Å². The van der Waals surface area contributed by atoms with Crippen molar-refractivity contribution in [2.45, 2.75) is 52.9 Å². The van der Waals surface area contributed by atoms with Gasteiger partial charge in [-0.15, -0.1) is 0 Å². The summed E-state index contributed by atoms with van der Waals surface area (Å²) in [5, 5.41) is 0. The smallest absolute Gasteiger partial charge is 0.313 e. The first-order valence-electron chi connectivity index (χ1n) is 9.02. The van der Waals surface area contributed by atoms with E-state index in [9.17, 15) is 4.79 Å². The Labute approximate surface area is 142 Å². The minimum atomic E-state index is -0.140. The zero-order valence-corrected chi connectivity index (χ0v) is 15.3. The second-order valence-corrected chi connectivity index (χ2v) is 6.48. The molecule has 0 aliphatic heterocycles. The molecule has 0 aliphatic rings. The highest BCUT2D eigenvalue weighted by Gasteiger charge is 2.22. The molecule has 0 aromatic heterocycles. The van der Waals surface area contributed by atoms with Crippen LogP contribution in [0.25, 0.3) is 0 Å². The SMILES string of the molecule is CCN(CC)CCCC(C(=O)OCCC(C)C)c1ccccc1. The van der Waals surface area contributed by atoms with E-state index in [1.807, 2.05) is 30.3 Å². The van der Waals surface area contributed by atoms with Gasteiger partial charge in [-0.3, -0.25) is 4.79 Å². The number of hydrogen-bond acceptors (Lipinski definition) is 3. The lowest BCUT2D eigenvalue weighted by atomic mass is 9.94. The first-order valence-corrected chi connectivity index (χ1v) is 9.02. The molecule has 23 heavy (non-hydrogen) atoms. The Morgan fingerprint density at radius 1 is 1.09 bits per heavy atom. The summed E-state index contributed by atoms with van der Waals surface area (Å²) in [6, 6.07) is 10.0. The zero-order chi connectivity index (χ0) is 17.1. The van der Waals surface area contributed by atoms with Gasteiger partial charge in [0, 0.05) is 0 Å². The molecule has 0 spiro atoms. The van der Waals surface area contributed by atoms with Crippen LogP contribution in [-0.4, -0.2) is 37.1 Å². The van der Waals surface area contributed by atoms with Crippen LogP contribution in [0.2, 0.25) is 0 Å². The number of nitrogens with zero attached hydrogens (tertiary/aromatic N) is 1. The quantitative estimate of drug-likeness (QED) is 0.563. The van der Waals surface area contributed by atoms with Crippen molar-refractivity contribution in [3.63, 3.8) is 0 Å². The lowest BCUT2D eigenvalue weighted by Crippen LogP contribution is -2.25. The van der Waals surface area contributed by atoms with Gasteiger partial charge in [-0.1, -0.05) is 58.0 Å². The van der Waals surface area contributed by atoms with E-state index in [0.29, 0.717) is 12.5 Å². The number of hydrogen-bond donors (Lipinski definition) is 0. The van der Waals surface area contributed by atoms with Gasteiger partial charge in [-0.25, -0.2) is 0 Å². The number of rotatable bonds is 11. The third-order valence-corrected chi connectivity index (χ3v) is 4.29. The molecule has 0 N–H and O–H groups in total. The van der Waals surface area contributed by atoms with Crippen molar-refractivity contribution in [3.05, 3.63) is 35.9 Å². The molecule has 0 saturated carbocycles. The lowest BCUT2D eigenvalue weighted by molar-refractivity contribution is -0.146. The molecule has 3 heteroatoms. The Bertz CT molecular complexity index is 427. The molecule has 0 aliphatic carbocycles. The van der Waals surface area contributed by atoms with Crippen LogP contribution in [-0.2, 0) is 9.53 Å². The summed E-state index contributed by atoms with van der Waals surface area (Å²) in [6.45, 7) is 12.3. The van der Waals surface area contributed by atoms with Crippen molar-refractivity contribution in [2.24, 2.45) is 5.92 Å². The molecule has 0 heterocycles. The first kappa shape index (κ1) is 19.7. The predicted octanol–water partition coefficient (Wildman–Crippen LogP) is 4.48. The number of esters is 1. The molecule has 130 valence electrons. The van der Waals surface area contributed by atoms with Gasteiger partial charge in [-0.05, 0) is 50.4 Å². The Hall–Kier alpha value is -1.35. The monoisotopic (exact) mass is 319 g/mol. The van der Waals surface area contributed by atoms with Crippen LogP contribution < -0.4 is 0 Å². The molecule has 0 saturated heterocycles. The van der Waals surface area contributed by atoms with E-state index >= 15 is 0 Å². The van der Waals surface area contributed by atoms with Gasteiger partial charge in [0.15, 0.2) is 0 Å². The molecule has 1 aromatic rings. The lowest BCUT2D eigenvalue weighted by Gasteiger charge is -2.21. The van der Waals surface area contributed by atoms with E-state index in [1.165, 1.54) is 0 Å². The molecule has 1 unspecified atom stereocenters. The molecule has 1 aromatic carbocycles. The van der Waals surface area contributed by atoms with Crippen molar-refractivity contribution in [3.8, 4) is 0 Å². The van der Waals surface area contributed by atoms with E-state index in [0.717, 1.165) is 44.5 Å². The summed E-state index contributed by atoms with van der Waals surface area (Å²) in [7, 11) is 0. The molecule has 3 nitrogen and oxygen atoms in total. The average Bonchev–Trinajstić information content (AvgIpc) is 2.55. The van der Waals surface area contributed by atoms with Crippen LogP contribution >= 0.6 is 0 Å². The summed E-state index contributed by atoms with van der Waals surface area (Å²) in [5.74, 6) is 0.343. The molecular weight excluding hydrogens is 286 g/mol. The fraction of sp³-hybridized carbons (Fsp3) is 0.650. The molecule has 0 bridgehead atoms. The van der Waals surface area contributed by atoms with Crippen molar-refractivity contribution in [1.29, 1.82) is 0 Å². The molecule has 0 amide bonds. The number of benzene rings is 1. The van der Waals surface area contributed by atoms with E-state index in [1.54, 1.807) is 0 Å². The molecular formula is C20H33NO2. The second kappa shape index (κ2) is 11.2. The van der Waals surface area contributed by atoms with Gasteiger partial charge in [0.2, 0.25) is 0 Å². The maximum Gasteiger partial charge on any atom is 0.313 e. The van der Waals surface area contributed by atoms with Gasteiger partial charge in [0.05, 0.1) is 12.5 Å². The molecule has 0 fully saturated rings. The van der Waals surface area contributed by atoms with Crippen LogP contribution in [0, 0.1) is 5.92 Å². The van der Waals surface area contributed by atoms with Gasteiger partial charge in [0.25, 0.3) is 0 Å². The Morgan fingerprint density at radius 2 is 1.74 bits per heavy atom. The maximum absolute atomic E-state index is 12.5. The summed E-state index contributed by atoms with van der Waals surface area (Å²) in [4.78, 5) is 14.9. The van der Waals surface area contributed by atoms with Crippen molar-refractivity contribution >= 4 is 5.97 Å². The van der Waals surface area contributed by atoms with Crippen molar-refractivity contribution < 1.29 is 9.53 Å². The molecule has 1 rings (SSSR count). The third-order valence-electron chi connectivity index (χ3n) is 4.29. The standard InChI is InChI=1S/C20H33NO2/c1-5-21(6-2)15-10-13-19(18-11-8-7-9-12-18)20(22)23-16-14-17(3)4/h7-9,11-12,17,19H,5-6,10,13-16H2,1-4H3. The fourth-order valence-corrected chi connectivity index (χ4v) is 2.66. The Kier molecular flexibility index (Phi) is 9.61. The van der Waals surface area contributed by atoms with Gasteiger partial charge in [-0.2, -0.15) is 0 Å². The first-order chi connectivity index (χ1) is 11.1. The van der Waals surface area contributed by atoms with E-state index in [2.05, 4.69) is 32.6 Å². The van der Waals surface area contributed by atoms with Crippen molar-refractivity contribution in [1.82, 2.24) is 4.90 Å². The van der Waals surface area contributed by atoms with Crippen molar-refractivity contribution in [2.75, 3.05) is 26.2 Å². The van der Waals surface area contributed by atoms with Crippen LogP contribution in [0.3, 0.4) is 0 Å². The van der Waals surface area contributed by atoms with E-state index in [4.69, 9.17) is 4.74 Å². The van der Waals surface area contributed by atoms with Crippen LogP contribution in [0.4, 0.5) is 0 Å². The highest BCUT2D eigenvalue weighted by Crippen LogP contribution is 2.23. The largest absolute Gasteiger partial charge is 0.465 e. The number of ether oxygens (including phenoxy) is 1. The van der Waals surface area contributed by atoms with E-state index < -0.39 is 0 Å². The summed E-state index contributed by atoms with van der Waals surface area (Å²) in [6.07, 6.45) is 2.79. The predicted molar refractivity (Wildman–Crippen MR) is 96.6 cm³/mol. The zero-order valence-electron chi connectivity index (χ0n) is 15.3. The van der Waals surface area contributed by atoms with Crippen LogP contribution in [0.15, 0.2) is 30.3 Å². The average molecular weight is 319 g/mol. The normalized spacial score (nSPS) is 12.6. The molecule has 1 atom stereocenters. The number of carbonyl (C=O) groups is 1. The summed E-state index contributed by atoms with van der Waals surface area (Å²) < 4.78 is 5.53. The van der Waals surface area contributed by atoms with Gasteiger partial charge >= 0.3 is 5.97 Å². The minimum absolute atomic E-state index is 0.0728. The number of carbonyl (C=O) groups excluding carboxylic acids is 1. The summed E-state index contributed by atoms with van der Waals surface area (Å²) in [5.41, 5.74) is 1.07.